The van der Waals surface area contributed by atoms with Crippen LogP contribution < -0.4 is 5.32 Å². The van der Waals surface area contributed by atoms with Crippen molar-refractivity contribution in [3.8, 4) is 0 Å². The maximum atomic E-state index is 12.4. The van der Waals surface area contributed by atoms with E-state index in [0.29, 0.717) is 18.5 Å². The van der Waals surface area contributed by atoms with E-state index in [2.05, 4.69) is 5.32 Å². The van der Waals surface area contributed by atoms with Crippen LogP contribution in [0.15, 0.2) is 30.3 Å². The second-order valence-electron chi connectivity index (χ2n) is 5.09. The maximum Gasteiger partial charge on any atom is 0.325 e. The molecule has 1 saturated heterocycles. The van der Waals surface area contributed by atoms with Crippen molar-refractivity contribution in [1.29, 1.82) is 0 Å². The lowest BCUT2D eigenvalue weighted by atomic mass is 10.0. The number of urea groups is 1. The monoisotopic (exact) mass is 290 g/mol. The van der Waals surface area contributed by atoms with Gasteiger partial charge in [-0.1, -0.05) is 30.3 Å². The van der Waals surface area contributed by atoms with E-state index in [9.17, 15) is 14.4 Å². The normalized spacial score (nSPS) is 19.1. The third-order valence-corrected chi connectivity index (χ3v) is 3.59. The summed E-state index contributed by atoms with van der Waals surface area (Å²) in [6.45, 7) is 1.85. The summed E-state index contributed by atoms with van der Waals surface area (Å²) in [5.41, 5.74) is 0.563. The van der Waals surface area contributed by atoms with Gasteiger partial charge in [0.1, 0.15) is 6.04 Å². The predicted octanol–water partition coefficient (Wildman–Crippen LogP) is 1.52. The van der Waals surface area contributed by atoms with Gasteiger partial charge in [-0.25, -0.2) is 4.79 Å². The zero-order chi connectivity index (χ0) is 15.4. The van der Waals surface area contributed by atoms with Crippen molar-refractivity contribution >= 4 is 17.8 Å². The molecule has 2 N–H and O–H groups in total. The molecule has 0 bridgehead atoms. The highest BCUT2D eigenvalue weighted by molar-refractivity contribution is 6.02. The maximum absolute atomic E-state index is 12.4. The molecule has 1 aromatic carbocycles. The Labute approximate surface area is 122 Å². The number of nitrogens with one attached hydrogen (secondary N) is 1. The Hall–Kier alpha value is -2.37. The van der Waals surface area contributed by atoms with Crippen LogP contribution in [0.4, 0.5) is 4.79 Å². The average Bonchev–Trinajstić information content (AvgIpc) is 2.96. The number of Topliss-reactive ketones (excluding diaryl/α,β-unsaturated/α-hetero) is 1. The number of ketones is 1. The standard InChI is InChI=1S/C15H18N2O4/c1-10(14(19)20)16-15(21)17-9-5-8-12(17)13(18)11-6-3-2-4-7-11/h2-4,6-7,10,12H,5,8-9H2,1H3,(H,16,21)(H,19,20). The molecule has 112 valence electrons. The van der Waals surface area contributed by atoms with Gasteiger partial charge in [0.05, 0.1) is 6.04 Å². The average molecular weight is 290 g/mol. The van der Waals surface area contributed by atoms with E-state index in [-0.39, 0.29) is 5.78 Å². The fourth-order valence-electron chi connectivity index (χ4n) is 2.41. The van der Waals surface area contributed by atoms with Crippen LogP contribution in [0.2, 0.25) is 0 Å². The lowest BCUT2D eigenvalue weighted by Gasteiger charge is -2.25. The second kappa shape index (κ2) is 6.39. The number of hydrogen-bond donors (Lipinski definition) is 2. The number of amides is 2. The molecule has 0 saturated carbocycles. The van der Waals surface area contributed by atoms with Crippen molar-refractivity contribution in [3.63, 3.8) is 0 Å². The van der Waals surface area contributed by atoms with Crippen LogP contribution in [0.5, 0.6) is 0 Å². The molecular weight excluding hydrogens is 272 g/mol. The third kappa shape index (κ3) is 3.39. The van der Waals surface area contributed by atoms with Crippen molar-refractivity contribution in [2.75, 3.05) is 6.54 Å². The molecule has 1 aromatic rings. The van der Waals surface area contributed by atoms with Crippen molar-refractivity contribution in [1.82, 2.24) is 10.2 Å². The number of carboxylic acid groups (broad SMARTS) is 1. The summed E-state index contributed by atoms with van der Waals surface area (Å²) in [4.78, 5) is 36.8. The van der Waals surface area contributed by atoms with Crippen LogP contribution >= 0.6 is 0 Å². The molecule has 1 aliphatic heterocycles. The molecule has 0 radical (unpaired) electrons. The molecular formula is C15H18N2O4. The Kier molecular flexibility index (Phi) is 4.57. The zero-order valence-corrected chi connectivity index (χ0v) is 11.8. The number of likely N-dealkylation sites (tertiary alicyclic amines) is 1. The SMILES string of the molecule is CC(NC(=O)N1CCCC1C(=O)c1ccccc1)C(=O)O. The Morgan fingerprint density at radius 3 is 2.57 bits per heavy atom. The van der Waals surface area contributed by atoms with E-state index in [1.165, 1.54) is 11.8 Å². The smallest absolute Gasteiger partial charge is 0.325 e. The number of nitrogens with zero attached hydrogens (tertiary/aromatic N) is 1. The first-order chi connectivity index (χ1) is 10.0. The third-order valence-electron chi connectivity index (χ3n) is 3.59. The topological polar surface area (TPSA) is 86.7 Å². The molecule has 21 heavy (non-hydrogen) atoms. The Balaban J connectivity index is 2.08. The van der Waals surface area contributed by atoms with Crippen molar-refractivity contribution in [2.45, 2.75) is 31.8 Å². The van der Waals surface area contributed by atoms with Crippen LogP contribution in [0.25, 0.3) is 0 Å². The molecule has 0 spiro atoms. The van der Waals surface area contributed by atoms with Gasteiger partial charge in [0.2, 0.25) is 0 Å². The molecule has 2 amide bonds. The summed E-state index contributed by atoms with van der Waals surface area (Å²) < 4.78 is 0. The second-order valence-corrected chi connectivity index (χ2v) is 5.09. The summed E-state index contributed by atoms with van der Waals surface area (Å²) in [5.74, 6) is -1.21. The van der Waals surface area contributed by atoms with Crippen LogP contribution in [0.3, 0.4) is 0 Å². The number of rotatable bonds is 4. The molecule has 0 aliphatic carbocycles. The lowest BCUT2D eigenvalue weighted by Crippen LogP contribution is -2.50. The van der Waals surface area contributed by atoms with Crippen LogP contribution in [0, 0.1) is 0 Å². The number of carbonyl (C=O) groups excluding carboxylic acids is 2. The van der Waals surface area contributed by atoms with Gasteiger partial charge in [0, 0.05) is 12.1 Å². The van der Waals surface area contributed by atoms with E-state index in [0.717, 1.165) is 6.42 Å². The van der Waals surface area contributed by atoms with E-state index in [4.69, 9.17) is 5.11 Å². The minimum atomic E-state index is -1.10. The first kappa shape index (κ1) is 15.0. The first-order valence-corrected chi connectivity index (χ1v) is 6.90. The summed E-state index contributed by atoms with van der Waals surface area (Å²) >= 11 is 0. The molecule has 1 fully saturated rings. The molecule has 2 atom stereocenters. The molecule has 2 rings (SSSR count). The molecule has 1 aliphatic rings. The number of aliphatic carboxylic acids is 1. The van der Waals surface area contributed by atoms with Gasteiger partial charge < -0.3 is 15.3 Å². The molecule has 6 heteroatoms. The minimum Gasteiger partial charge on any atom is -0.480 e. The summed E-state index contributed by atoms with van der Waals surface area (Å²) in [6, 6.07) is 6.81. The summed E-state index contributed by atoms with van der Waals surface area (Å²) in [7, 11) is 0. The van der Waals surface area contributed by atoms with Gasteiger partial charge in [-0.05, 0) is 19.8 Å². The highest BCUT2D eigenvalue weighted by Crippen LogP contribution is 2.21. The highest BCUT2D eigenvalue weighted by Gasteiger charge is 2.35. The Morgan fingerprint density at radius 1 is 1.29 bits per heavy atom. The van der Waals surface area contributed by atoms with Crippen LogP contribution in [0.1, 0.15) is 30.1 Å². The highest BCUT2D eigenvalue weighted by atomic mass is 16.4. The fourth-order valence-corrected chi connectivity index (χ4v) is 2.41. The predicted molar refractivity (Wildman–Crippen MR) is 76.1 cm³/mol. The van der Waals surface area contributed by atoms with E-state index >= 15 is 0 Å². The Bertz CT molecular complexity index is 544. The van der Waals surface area contributed by atoms with Gasteiger partial charge in [0.15, 0.2) is 5.78 Å². The molecule has 1 heterocycles. The zero-order valence-electron chi connectivity index (χ0n) is 11.8. The van der Waals surface area contributed by atoms with Gasteiger partial charge in [-0.2, -0.15) is 0 Å². The van der Waals surface area contributed by atoms with Gasteiger partial charge in [-0.15, -0.1) is 0 Å². The van der Waals surface area contributed by atoms with Gasteiger partial charge in [-0.3, -0.25) is 9.59 Å². The molecule has 0 aromatic heterocycles. The van der Waals surface area contributed by atoms with Crippen LogP contribution in [-0.2, 0) is 4.79 Å². The number of hydrogen-bond acceptors (Lipinski definition) is 3. The lowest BCUT2D eigenvalue weighted by molar-refractivity contribution is -0.138. The quantitative estimate of drug-likeness (QED) is 0.823. The number of carbonyl (C=O) groups is 3. The van der Waals surface area contributed by atoms with E-state index in [1.54, 1.807) is 24.3 Å². The van der Waals surface area contributed by atoms with Crippen molar-refractivity contribution in [2.24, 2.45) is 0 Å². The molecule has 6 nitrogen and oxygen atoms in total. The summed E-state index contributed by atoms with van der Waals surface area (Å²) in [6.07, 6.45) is 1.33. The van der Waals surface area contributed by atoms with Crippen molar-refractivity contribution < 1.29 is 19.5 Å². The van der Waals surface area contributed by atoms with E-state index in [1.807, 2.05) is 6.07 Å². The van der Waals surface area contributed by atoms with E-state index < -0.39 is 24.1 Å². The van der Waals surface area contributed by atoms with Gasteiger partial charge >= 0.3 is 12.0 Å². The number of carboxylic acids is 1. The largest absolute Gasteiger partial charge is 0.480 e. The minimum absolute atomic E-state index is 0.105. The number of benzene rings is 1. The van der Waals surface area contributed by atoms with Gasteiger partial charge in [0.25, 0.3) is 0 Å². The summed E-state index contributed by atoms with van der Waals surface area (Å²) in [5, 5.41) is 11.2. The molecule has 2 unspecified atom stereocenters. The van der Waals surface area contributed by atoms with Crippen LogP contribution in [-0.4, -0.2) is 46.4 Å². The van der Waals surface area contributed by atoms with Crippen molar-refractivity contribution in [3.05, 3.63) is 35.9 Å². The first-order valence-electron chi connectivity index (χ1n) is 6.90. The Morgan fingerprint density at radius 2 is 1.95 bits per heavy atom. The fraction of sp³-hybridized carbons (Fsp3) is 0.400.